The SMILES string of the molecule is CCCC1(CCC)CCC2(CCN(C3CN4CCC3CC4)C2)CC1. The van der Waals surface area contributed by atoms with Gasteiger partial charge in [0.2, 0.25) is 0 Å². The lowest BCUT2D eigenvalue weighted by molar-refractivity contribution is 0.00277. The number of rotatable bonds is 5. The van der Waals surface area contributed by atoms with Crippen LogP contribution in [0.15, 0.2) is 0 Å². The Balaban J connectivity index is 1.37. The van der Waals surface area contributed by atoms with Gasteiger partial charge in [0, 0.05) is 19.1 Å². The Bertz CT molecular complexity index is 408. The molecule has 1 atom stereocenters. The number of hydrogen-bond acceptors (Lipinski definition) is 2. The second-order valence-electron chi connectivity index (χ2n) is 9.93. The van der Waals surface area contributed by atoms with Crippen molar-refractivity contribution >= 4 is 0 Å². The maximum absolute atomic E-state index is 2.95. The number of nitrogens with zero attached hydrogens (tertiary/aromatic N) is 2. The molecule has 5 aliphatic rings. The number of fused-ring (bicyclic) bond motifs is 3. The van der Waals surface area contributed by atoms with Crippen LogP contribution in [0.1, 0.15) is 84.5 Å². The highest BCUT2D eigenvalue weighted by Crippen LogP contribution is 2.54. The van der Waals surface area contributed by atoms with Crippen molar-refractivity contribution in [2.75, 3.05) is 32.7 Å². The lowest BCUT2D eigenvalue weighted by Crippen LogP contribution is -2.57. The van der Waals surface area contributed by atoms with E-state index in [4.69, 9.17) is 0 Å². The fourth-order valence-electron chi connectivity index (χ4n) is 7.00. The minimum absolute atomic E-state index is 0.705. The Hall–Kier alpha value is -0.0800. The van der Waals surface area contributed by atoms with Gasteiger partial charge in [0.15, 0.2) is 0 Å². The first-order valence-electron chi connectivity index (χ1n) is 11.1. The van der Waals surface area contributed by atoms with Crippen molar-refractivity contribution in [1.29, 1.82) is 0 Å². The Morgan fingerprint density at radius 2 is 1.50 bits per heavy atom. The molecule has 2 heteroatoms. The molecule has 1 saturated carbocycles. The largest absolute Gasteiger partial charge is 0.302 e. The third kappa shape index (κ3) is 3.18. The summed E-state index contributed by atoms with van der Waals surface area (Å²) in [4.78, 5) is 5.69. The normalized spacial score (nSPS) is 38.0. The zero-order valence-corrected chi connectivity index (χ0v) is 16.4. The van der Waals surface area contributed by atoms with E-state index >= 15 is 0 Å². The molecule has 5 fully saturated rings. The molecule has 4 heterocycles. The minimum atomic E-state index is 0.705. The van der Waals surface area contributed by atoms with E-state index in [1.54, 1.807) is 0 Å². The Morgan fingerprint density at radius 1 is 0.833 bits per heavy atom. The summed E-state index contributed by atoms with van der Waals surface area (Å²) in [5.41, 5.74) is 1.43. The van der Waals surface area contributed by atoms with Gasteiger partial charge < -0.3 is 4.90 Å². The molecule has 138 valence electrons. The molecule has 0 amide bonds. The molecule has 24 heavy (non-hydrogen) atoms. The minimum Gasteiger partial charge on any atom is -0.302 e. The molecular weight excluding hydrogens is 292 g/mol. The molecule has 0 radical (unpaired) electrons. The van der Waals surface area contributed by atoms with Gasteiger partial charge in [-0.15, -0.1) is 0 Å². The Morgan fingerprint density at radius 3 is 2.04 bits per heavy atom. The second-order valence-corrected chi connectivity index (χ2v) is 9.93. The molecule has 2 nitrogen and oxygen atoms in total. The maximum atomic E-state index is 2.95. The molecule has 1 aliphatic carbocycles. The first kappa shape index (κ1) is 17.3. The molecule has 0 aromatic carbocycles. The zero-order chi connectivity index (χ0) is 16.6. The molecule has 1 spiro atoms. The quantitative estimate of drug-likeness (QED) is 0.704. The summed E-state index contributed by atoms with van der Waals surface area (Å²) in [7, 11) is 0. The molecule has 4 saturated heterocycles. The van der Waals surface area contributed by atoms with Crippen molar-refractivity contribution in [1.82, 2.24) is 9.80 Å². The smallest absolute Gasteiger partial charge is 0.0252 e. The summed E-state index contributed by atoms with van der Waals surface area (Å²) in [6, 6.07) is 0.907. The number of likely N-dealkylation sites (tertiary alicyclic amines) is 1. The average molecular weight is 333 g/mol. The van der Waals surface area contributed by atoms with E-state index < -0.39 is 0 Å². The van der Waals surface area contributed by atoms with Gasteiger partial charge in [-0.25, -0.2) is 0 Å². The summed E-state index contributed by atoms with van der Waals surface area (Å²) in [5, 5.41) is 0. The summed E-state index contributed by atoms with van der Waals surface area (Å²) < 4.78 is 0. The fraction of sp³-hybridized carbons (Fsp3) is 1.00. The average Bonchev–Trinajstić information content (AvgIpc) is 3.04. The van der Waals surface area contributed by atoms with Crippen molar-refractivity contribution in [3.05, 3.63) is 0 Å². The van der Waals surface area contributed by atoms with Gasteiger partial charge in [0.1, 0.15) is 0 Å². The zero-order valence-electron chi connectivity index (χ0n) is 16.4. The van der Waals surface area contributed by atoms with Crippen LogP contribution in [0.25, 0.3) is 0 Å². The molecule has 0 aromatic rings. The van der Waals surface area contributed by atoms with Crippen molar-refractivity contribution < 1.29 is 0 Å². The maximum Gasteiger partial charge on any atom is 0.0252 e. The topological polar surface area (TPSA) is 6.48 Å². The van der Waals surface area contributed by atoms with Crippen molar-refractivity contribution in [3.8, 4) is 0 Å². The highest BCUT2D eigenvalue weighted by atomic mass is 15.3. The molecule has 2 bridgehead atoms. The first-order valence-corrected chi connectivity index (χ1v) is 11.1. The van der Waals surface area contributed by atoms with E-state index in [9.17, 15) is 0 Å². The monoisotopic (exact) mass is 332 g/mol. The summed E-state index contributed by atoms with van der Waals surface area (Å²) in [6.45, 7) is 11.8. The Labute approximate surface area is 150 Å². The van der Waals surface area contributed by atoms with Crippen LogP contribution in [0, 0.1) is 16.7 Å². The van der Waals surface area contributed by atoms with E-state index in [-0.39, 0.29) is 0 Å². The molecule has 0 N–H and O–H groups in total. The molecule has 1 unspecified atom stereocenters. The van der Waals surface area contributed by atoms with Gasteiger partial charge >= 0.3 is 0 Å². The lowest BCUT2D eigenvalue weighted by Gasteiger charge is -2.49. The van der Waals surface area contributed by atoms with E-state index in [0.29, 0.717) is 5.41 Å². The van der Waals surface area contributed by atoms with Crippen LogP contribution in [0.4, 0.5) is 0 Å². The van der Waals surface area contributed by atoms with Gasteiger partial charge in [-0.3, -0.25) is 4.90 Å². The van der Waals surface area contributed by atoms with Crippen molar-refractivity contribution in [3.63, 3.8) is 0 Å². The van der Waals surface area contributed by atoms with Crippen molar-refractivity contribution in [2.45, 2.75) is 90.5 Å². The van der Waals surface area contributed by atoms with Crippen LogP contribution >= 0.6 is 0 Å². The van der Waals surface area contributed by atoms with E-state index in [1.807, 2.05) is 0 Å². The van der Waals surface area contributed by atoms with Gasteiger partial charge in [-0.1, -0.05) is 26.7 Å². The molecular formula is C22H40N2. The lowest BCUT2D eigenvalue weighted by atomic mass is 9.60. The standard InChI is InChI=1S/C22H40N2/c1-3-7-21(8-4-2)9-11-22(12-10-21)13-16-24(18-22)20-17-23-14-5-19(20)6-15-23/h19-20H,3-18H2,1-2H3. The Kier molecular flexibility index (Phi) is 4.99. The van der Waals surface area contributed by atoms with Gasteiger partial charge in [-0.2, -0.15) is 0 Å². The summed E-state index contributed by atoms with van der Waals surface area (Å²) in [6.07, 6.45) is 16.3. The third-order valence-electron chi connectivity index (χ3n) is 8.49. The van der Waals surface area contributed by atoms with Crippen LogP contribution < -0.4 is 0 Å². The van der Waals surface area contributed by atoms with E-state index in [1.165, 1.54) is 103 Å². The highest BCUT2D eigenvalue weighted by molar-refractivity contribution is 5.01. The predicted molar refractivity (Wildman–Crippen MR) is 102 cm³/mol. The van der Waals surface area contributed by atoms with Crippen LogP contribution in [-0.4, -0.2) is 48.6 Å². The number of hydrogen-bond donors (Lipinski definition) is 0. The van der Waals surface area contributed by atoms with Crippen LogP contribution in [0.2, 0.25) is 0 Å². The highest BCUT2D eigenvalue weighted by Gasteiger charge is 2.48. The van der Waals surface area contributed by atoms with Gasteiger partial charge in [0.25, 0.3) is 0 Å². The van der Waals surface area contributed by atoms with E-state index in [2.05, 4.69) is 23.6 Å². The number of piperidine rings is 3. The predicted octanol–water partition coefficient (Wildman–Crippen LogP) is 4.93. The fourth-order valence-corrected chi connectivity index (χ4v) is 7.00. The molecule has 4 aliphatic heterocycles. The summed E-state index contributed by atoms with van der Waals surface area (Å²) >= 11 is 0. The van der Waals surface area contributed by atoms with Crippen LogP contribution in [-0.2, 0) is 0 Å². The van der Waals surface area contributed by atoms with E-state index in [0.717, 1.165) is 17.4 Å². The van der Waals surface area contributed by atoms with Gasteiger partial charge in [-0.05, 0) is 94.2 Å². The molecule has 0 aromatic heterocycles. The second kappa shape index (κ2) is 6.91. The third-order valence-corrected chi connectivity index (χ3v) is 8.49. The summed E-state index contributed by atoms with van der Waals surface area (Å²) in [5.74, 6) is 1.02. The van der Waals surface area contributed by atoms with Crippen LogP contribution in [0.5, 0.6) is 0 Å². The van der Waals surface area contributed by atoms with Crippen molar-refractivity contribution in [2.24, 2.45) is 16.7 Å². The van der Waals surface area contributed by atoms with Gasteiger partial charge in [0.05, 0.1) is 0 Å². The molecule has 5 rings (SSSR count). The first-order chi connectivity index (χ1) is 11.7. The van der Waals surface area contributed by atoms with Crippen LogP contribution in [0.3, 0.4) is 0 Å².